The standard InChI is InChI=1S/C19H20BrN3O5/c1-3-28-16-8-12(7-15(20)19(16)26)11-21-23-18(25)10-17(24)22-13-5-4-6-14(9-13)27-2/h4-9,11,26H,3,10H2,1-2H3,(H,22,24)(H,23,25)/b21-11+. The van der Waals surface area contributed by atoms with Crippen LogP contribution in [-0.4, -0.2) is 36.9 Å². The van der Waals surface area contributed by atoms with Crippen LogP contribution in [0.25, 0.3) is 0 Å². The van der Waals surface area contributed by atoms with E-state index in [0.29, 0.717) is 33.8 Å². The molecule has 2 aromatic rings. The van der Waals surface area contributed by atoms with Gasteiger partial charge in [0.05, 0.1) is 24.4 Å². The van der Waals surface area contributed by atoms with Crippen LogP contribution in [0, 0.1) is 0 Å². The van der Waals surface area contributed by atoms with E-state index in [1.54, 1.807) is 43.3 Å². The monoisotopic (exact) mass is 449 g/mol. The van der Waals surface area contributed by atoms with Gasteiger partial charge in [-0.2, -0.15) is 5.10 Å². The first-order chi connectivity index (χ1) is 13.4. The van der Waals surface area contributed by atoms with Crippen molar-refractivity contribution in [2.45, 2.75) is 13.3 Å². The van der Waals surface area contributed by atoms with Crippen LogP contribution >= 0.6 is 15.9 Å². The Kier molecular flexibility index (Phi) is 7.82. The Hall–Kier alpha value is -3.07. The van der Waals surface area contributed by atoms with Crippen LogP contribution in [0.1, 0.15) is 18.9 Å². The Morgan fingerprint density at radius 1 is 1.25 bits per heavy atom. The average molecular weight is 450 g/mol. The van der Waals surface area contributed by atoms with Crippen molar-refractivity contribution in [3.8, 4) is 17.2 Å². The maximum Gasteiger partial charge on any atom is 0.249 e. The zero-order chi connectivity index (χ0) is 20.5. The van der Waals surface area contributed by atoms with E-state index >= 15 is 0 Å². The van der Waals surface area contributed by atoms with Gasteiger partial charge < -0.3 is 19.9 Å². The number of nitrogens with zero attached hydrogens (tertiary/aromatic N) is 1. The molecule has 3 N–H and O–H groups in total. The number of amides is 2. The number of hydrogen-bond acceptors (Lipinski definition) is 6. The molecule has 0 spiro atoms. The normalized spacial score (nSPS) is 10.5. The van der Waals surface area contributed by atoms with Crippen molar-refractivity contribution in [1.82, 2.24) is 5.43 Å². The summed E-state index contributed by atoms with van der Waals surface area (Å²) in [6.45, 7) is 2.19. The lowest BCUT2D eigenvalue weighted by atomic mass is 10.2. The molecule has 0 unspecified atom stereocenters. The van der Waals surface area contributed by atoms with E-state index in [2.05, 4.69) is 31.8 Å². The van der Waals surface area contributed by atoms with Gasteiger partial charge >= 0.3 is 0 Å². The maximum atomic E-state index is 11.9. The number of hydrogen-bond donors (Lipinski definition) is 3. The molecule has 0 bridgehead atoms. The van der Waals surface area contributed by atoms with Crippen LogP contribution < -0.4 is 20.2 Å². The number of phenols is 1. The van der Waals surface area contributed by atoms with E-state index in [1.165, 1.54) is 13.3 Å². The van der Waals surface area contributed by atoms with E-state index in [0.717, 1.165) is 0 Å². The minimum atomic E-state index is -0.570. The number of carbonyl (C=O) groups is 2. The maximum absolute atomic E-state index is 11.9. The van der Waals surface area contributed by atoms with Crippen molar-refractivity contribution in [2.24, 2.45) is 5.10 Å². The summed E-state index contributed by atoms with van der Waals surface area (Å²) >= 11 is 3.22. The highest BCUT2D eigenvalue weighted by Crippen LogP contribution is 2.35. The van der Waals surface area contributed by atoms with E-state index in [1.807, 2.05) is 0 Å². The predicted molar refractivity (Wildman–Crippen MR) is 109 cm³/mol. The molecule has 2 amide bonds. The number of benzene rings is 2. The van der Waals surface area contributed by atoms with Crippen molar-refractivity contribution in [1.29, 1.82) is 0 Å². The van der Waals surface area contributed by atoms with E-state index in [9.17, 15) is 14.7 Å². The minimum Gasteiger partial charge on any atom is -0.503 e. The molecule has 0 saturated carbocycles. The van der Waals surface area contributed by atoms with Crippen molar-refractivity contribution in [3.63, 3.8) is 0 Å². The Morgan fingerprint density at radius 2 is 2.04 bits per heavy atom. The van der Waals surface area contributed by atoms with Crippen LogP contribution in [0.3, 0.4) is 0 Å². The first-order valence-corrected chi connectivity index (χ1v) is 9.13. The van der Waals surface area contributed by atoms with Gasteiger partial charge in [-0.3, -0.25) is 9.59 Å². The number of ether oxygens (including phenoxy) is 2. The van der Waals surface area contributed by atoms with Gasteiger partial charge in [0.1, 0.15) is 12.2 Å². The van der Waals surface area contributed by atoms with Crippen LogP contribution in [0.15, 0.2) is 46.0 Å². The molecule has 0 aromatic heterocycles. The Labute approximate surface area is 170 Å². The summed E-state index contributed by atoms with van der Waals surface area (Å²) in [5.41, 5.74) is 3.40. The third-order valence-electron chi connectivity index (χ3n) is 3.43. The highest BCUT2D eigenvalue weighted by molar-refractivity contribution is 9.10. The molecule has 8 nitrogen and oxygen atoms in total. The quantitative estimate of drug-likeness (QED) is 0.326. The molecular formula is C19H20BrN3O5. The molecule has 0 atom stereocenters. The highest BCUT2D eigenvalue weighted by atomic mass is 79.9. The molecule has 28 heavy (non-hydrogen) atoms. The molecule has 0 fully saturated rings. The Bertz CT molecular complexity index is 886. The fourth-order valence-corrected chi connectivity index (χ4v) is 2.66. The lowest BCUT2D eigenvalue weighted by Gasteiger charge is -2.08. The second kappa shape index (κ2) is 10.3. The number of anilines is 1. The second-order valence-electron chi connectivity index (χ2n) is 5.53. The van der Waals surface area contributed by atoms with Crippen LogP contribution in [0.4, 0.5) is 5.69 Å². The number of nitrogens with one attached hydrogen (secondary N) is 2. The molecular weight excluding hydrogens is 430 g/mol. The predicted octanol–water partition coefficient (Wildman–Crippen LogP) is 3.04. The molecule has 0 radical (unpaired) electrons. The summed E-state index contributed by atoms with van der Waals surface area (Å²) < 4.78 is 10.8. The molecule has 2 aromatic carbocycles. The van der Waals surface area contributed by atoms with Crippen LogP contribution in [0.2, 0.25) is 0 Å². The topological polar surface area (TPSA) is 109 Å². The summed E-state index contributed by atoms with van der Waals surface area (Å²) in [6, 6.07) is 10.0. The van der Waals surface area contributed by atoms with Crippen molar-refractivity contribution < 1.29 is 24.2 Å². The molecule has 148 valence electrons. The number of rotatable bonds is 8. The zero-order valence-corrected chi connectivity index (χ0v) is 16.9. The number of halogens is 1. The fourth-order valence-electron chi connectivity index (χ4n) is 2.20. The Balaban J connectivity index is 1.90. The number of carbonyl (C=O) groups excluding carboxylic acids is 2. The highest BCUT2D eigenvalue weighted by Gasteiger charge is 2.10. The van der Waals surface area contributed by atoms with E-state index in [4.69, 9.17) is 9.47 Å². The van der Waals surface area contributed by atoms with Gasteiger partial charge in [0, 0.05) is 11.8 Å². The number of methoxy groups -OCH3 is 1. The second-order valence-corrected chi connectivity index (χ2v) is 6.39. The van der Waals surface area contributed by atoms with Gasteiger partial charge in [0.2, 0.25) is 11.8 Å². The van der Waals surface area contributed by atoms with Gasteiger partial charge in [-0.1, -0.05) is 6.07 Å². The molecule has 0 aliphatic carbocycles. The van der Waals surface area contributed by atoms with Crippen molar-refractivity contribution in [2.75, 3.05) is 19.0 Å². The van der Waals surface area contributed by atoms with Gasteiger partial charge in [-0.15, -0.1) is 0 Å². The number of hydrazone groups is 1. The summed E-state index contributed by atoms with van der Waals surface area (Å²) in [5.74, 6) is -0.176. The Morgan fingerprint density at radius 3 is 2.75 bits per heavy atom. The van der Waals surface area contributed by atoms with Gasteiger partial charge in [0.25, 0.3) is 0 Å². The molecule has 2 rings (SSSR count). The van der Waals surface area contributed by atoms with E-state index in [-0.39, 0.29) is 5.75 Å². The lowest BCUT2D eigenvalue weighted by molar-refractivity contribution is -0.126. The van der Waals surface area contributed by atoms with Crippen LogP contribution in [-0.2, 0) is 9.59 Å². The third-order valence-corrected chi connectivity index (χ3v) is 4.03. The van der Waals surface area contributed by atoms with Gasteiger partial charge in [-0.05, 0) is 52.7 Å². The summed E-state index contributed by atoms with van der Waals surface area (Å²) in [5, 5.41) is 16.3. The number of aromatic hydroxyl groups is 1. The molecule has 0 saturated heterocycles. The van der Waals surface area contributed by atoms with Gasteiger partial charge in [-0.25, -0.2) is 5.43 Å². The van der Waals surface area contributed by atoms with Crippen molar-refractivity contribution >= 4 is 39.6 Å². The smallest absolute Gasteiger partial charge is 0.249 e. The lowest BCUT2D eigenvalue weighted by Crippen LogP contribution is -2.24. The summed E-state index contributed by atoms with van der Waals surface area (Å²) in [4.78, 5) is 23.8. The molecule has 0 aliphatic rings. The van der Waals surface area contributed by atoms with Gasteiger partial charge in [0.15, 0.2) is 11.5 Å². The van der Waals surface area contributed by atoms with Crippen molar-refractivity contribution in [3.05, 3.63) is 46.4 Å². The largest absolute Gasteiger partial charge is 0.503 e. The molecule has 0 heterocycles. The zero-order valence-electron chi connectivity index (χ0n) is 15.4. The summed E-state index contributed by atoms with van der Waals surface area (Å²) in [6.07, 6.45) is 0.989. The first-order valence-electron chi connectivity index (χ1n) is 8.34. The average Bonchev–Trinajstić information content (AvgIpc) is 2.65. The SMILES string of the molecule is CCOc1cc(/C=N/NC(=O)CC(=O)Nc2cccc(OC)c2)cc(Br)c1O. The first kappa shape index (κ1) is 21.2. The fraction of sp³-hybridized carbons (Fsp3) is 0.211. The molecule has 9 heteroatoms. The minimum absolute atomic E-state index is 0.0164. The number of phenolic OH excluding ortho intramolecular Hbond substituents is 1. The third kappa shape index (κ3) is 6.27. The van der Waals surface area contributed by atoms with E-state index < -0.39 is 18.2 Å². The van der Waals surface area contributed by atoms with Crippen LogP contribution in [0.5, 0.6) is 17.2 Å². The summed E-state index contributed by atoms with van der Waals surface area (Å²) in [7, 11) is 1.52. The molecule has 0 aliphatic heterocycles.